The minimum atomic E-state index is -0.267. The van der Waals surface area contributed by atoms with E-state index in [2.05, 4.69) is 0 Å². The minimum absolute atomic E-state index is 0.267. The number of nitrogen functional groups attached to an aromatic ring is 1. The minimum Gasteiger partial charge on any atom is -0.399 e. The van der Waals surface area contributed by atoms with E-state index in [-0.39, 0.29) is 5.82 Å². The molecule has 2 rings (SSSR count). The quantitative estimate of drug-likeness (QED) is 0.864. The van der Waals surface area contributed by atoms with Gasteiger partial charge in [0.1, 0.15) is 5.82 Å². The summed E-state index contributed by atoms with van der Waals surface area (Å²) < 4.78 is 13.7. The first kappa shape index (κ1) is 13.8. The van der Waals surface area contributed by atoms with Crippen LogP contribution in [0.1, 0.15) is 11.1 Å². The van der Waals surface area contributed by atoms with Crippen LogP contribution < -0.4 is 5.73 Å². The summed E-state index contributed by atoms with van der Waals surface area (Å²) in [5.74, 6) is -0.267. The van der Waals surface area contributed by atoms with E-state index < -0.39 is 0 Å². The summed E-state index contributed by atoms with van der Waals surface area (Å²) in [5.41, 5.74) is 8.04. The highest BCUT2D eigenvalue weighted by Crippen LogP contribution is 2.21. The van der Waals surface area contributed by atoms with Crippen LogP contribution in [0.25, 0.3) is 0 Å². The number of rotatable bonds is 4. The standard InChI is InChI=1S/C15H16ClFN2/c1-19(9-11-5-7-12(18)8-6-11)10-13-14(16)3-2-4-15(13)17/h2-8H,9-10,18H2,1H3. The topological polar surface area (TPSA) is 29.3 Å². The highest BCUT2D eigenvalue weighted by Gasteiger charge is 2.09. The number of nitrogens with two attached hydrogens (primary N) is 1. The van der Waals surface area contributed by atoms with Gasteiger partial charge in [0.2, 0.25) is 0 Å². The summed E-state index contributed by atoms with van der Waals surface area (Å²) in [6, 6.07) is 12.4. The van der Waals surface area contributed by atoms with Gasteiger partial charge < -0.3 is 5.73 Å². The van der Waals surface area contributed by atoms with Crippen molar-refractivity contribution in [2.24, 2.45) is 0 Å². The monoisotopic (exact) mass is 278 g/mol. The lowest BCUT2D eigenvalue weighted by molar-refractivity contribution is 0.313. The summed E-state index contributed by atoms with van der Waals surface area (Å²) in [7, 11) is 1.93. The van der Waals surface area contributed by atoms with Crippen molar-refractivity contribution in [1.29, 1.82) is 0 Å². The normalized spacial score (nSPS) is 10.9. The smallest absolute Gasteiger partial charge is 0.129 e. The Bertz CT molecular complexity index is 534. The molecule has 0 saturated heterocycles. The molecule has 2 nitrogen and oxygen atoms in total. The lowest BCUT2D eigenvalue weighted by atomic mass is 10.1. The average molecular weight is 279 g/mol. The molecule has 0 heterocycles. The molecule has 0 aliphatic heterocycles. The van der Waals surface area contributed by atoms with Crippen molar-refractivity contribution in [3.05, 3.63) is 64.4 Å². The van der Waals surface area contributed by atoms with Gasteiger partial charge >= 0.3 is 0 Å². The van der Waals surface area contributed by atoms with E-state index >= 15 is 0 Å². The Morgan fingerprint density at radius 1 is 1.11 bits per heavy atom. The van der Waals surface area contributed by atoms with E-state index in [1.54, 1.807) is 12.1 Å². The number of anilines is 1. The molecule has 0 fully saturated rings. The van der Waals surface area contributed by atoms with E-state index in [0.29, 0.717) is 23.7 Å². The molecule has 0 spiro atoms. The van der Waals surface area contributed by atoms with Crippen molar-refractivity contribution < 1.29 is 4.39 Å². The highest BCUT2D eigenvalue weighted by molar-refractivity contribution is 6.31. The van der Waals surface area contributed by atoms with Crippen molar-refractivity contribution in [3.8, 4) is 0 Å². The lowest BCUT2D eigenvalue weighted by Gasteiger charge is -2.18. The molecule has 0 aliphatic rings. The van der Waals surface area contributed by atoms with Gasteiger partial charge in [0, 0.05) is 29.4 Å². The Labute approximate surface area is 117 Å². The van der Waals surface area contributed by atoms with Gasteiger partial charge in [-0.3, -0.25) is 4.90 Å². The van der Waals surface area contributed by atoms with E-state index in [0.717, 1.165) is 11.3 Å². The number of nitrogens with zero attached hydrogens (tertiary/aromatic N) is 1. The predicted octanol–water partition coefficient (Wildman–Crippen LogP) is 3.69. The second-order valence-corrected chi connectivity index (χ2v) is 5.02. The molecule has 2 N–H and O–H groups in total. The summed E-state index contributed by atoms with van der Waals surface area (Å²) in [6.45, 7) is 1.18. The maximum absolute atomic E-state index is 13.7. The first-order valence-corrected chi connectivity index (χ1v) is 6.40. The molecule has 4 heteroatoms. The number of hydrogen-bond acceptors (Lipinski definition) is 2. The van der Waals surface area contributed by atoms with Crippen LogP contribution in [-0.2, 0) is 13.1 Å². The predicted molar refractivity (Wildman–Crippen MR) is 77.4 cm³/mol. The van der Waals surface area contributed by atoms with E-state index in [9.17, 15) is 4.39 Å². The SMILES string of the molecule is CN(Cc1ccc(N)cc1)Cc1c(F)cccc1Cl. The van der Waals surface area contributed by atoms with Gasteiger partial charge in [0.25, 0.3) is 0 Å². The maximum Gasteiger partial charge on any atom is 0.129 e. The molecule has 0 bridgehead atoms. The fraction of sp³-hybridized carbons (Fsp3) is 0.200. The summed E-state index contributed by atoms with van der Waals surface area (Å²) in [6.07, 6.45) is 0. The Morgan fingerprint density at radius 3 is 2.42 bits per heavy atom. The van der Waals surface area contributed by atoms with Crippen LogP contribution in [0.15, 0.2) is 42.5 Å². The second kappa shape index (κ2) is 6.04. The molecule has 100 valence electrons. The van der Waals surface area contributed by atoms with Crippen molar-refractivity contribution in [2.45, 2.75) is 13.1 Å². The number of halogens is 2. The third-order valence-electron chi connectivity index (χ3n) is 2.92. The van der Waals surface area contributed by atoms with Crippen LogP contribution in [0.2, 0.25) is 5.02 Å². The number of hydrogen-bond donors (Lipinski definition) is 1. The van der Waals surface area contributed by atoms with E-state index in [1.165, 1.54) is 6.07 Å². The van der Waals surface area contributed by atoms with Gasteiger partial charge in [-0.25, -0.2) is 4.39 Å². The van der Waals surface area contributed by atoms with Crippen LogP contribution in [0.5, 0.6) is 0 Å². The fourth-order valence-electron chi connectivity index (χ4n) is 1.94. The zero-order valence-corrected chi connectivity index (χ0v) is 11.5. The van der Waals surface area contributed by atoms with Gasteiger partial charge in [-0.2, -0.15) is 0 Å². The molecular formula is C15H16ClFN2. The Balaban J connectivity index is 2.05. The first-order chi connectivity index (χ1) is 9.06. The van der Waals surface area contributed by atoms with E-state index in [1.807, 2.05) is 36.2 Å². The van der Waals surface area contributed by atoms with Gasteiger partial charge in [0.05, 0.1) is 0 Å². The summed E-state index contributed by atoms with van der Waals surface area (Å²) >= 11 is 6.01. The molecule has 0 amide bonds. The first-order valence-electron chi connectivity index (χ1n) is 6.02. The fourth-order valence-corrected chi connectivity index (χ4v) is 2.17. The number of benzene rings is 2. The largest absolute Gasteiger partial charge is 0.399 e. The van der Waals surface area contributed by atoms with Gasteiger partial charge in [-0.05, 0) is 36.9 Å². The molecule has 0 atom stereocenters. The van der Waals surface area contributed by atoms with Crippen LogP contribution >= 0.6 is 11.6 Å². The van der Waals surface area contributed by atoms with Crippen molar-refractivity contribution in [2.75, 3.05) is 12.8 Å². The Kier molecular flexibility index (Phi) is 4.40. The third-order valence-corrected chi connectivity index (χ3v) is 3.28. The Hall–Kier alpha value is -1.58. The molecule has 0 radical (unpaired) electrons. The molecule has 0 aromatic heterocycles. The van der Waals surface area contributed by atoms with Crippen LogP contribution in [0, 0.1) is 5.82 Å². The second-order valence-electron chi connectivity index (χ2n) is 4.61. The molecule has 2 aromatic carbocycles. The molecule has 0 saturated carbocycles. The van der Waals surface area contributed by atoms with Gasteiger partial charge in [0.15, 0.2) is 0 Å². The van der Waals surface area contributed by atoms with Crippen LogP contribution in [0.3, 0.4) is 0 Å². The molecule has 2 aromatic rings. The van der Waals surface area contributed by atoms with E-state index in [4.69, 9.17) is 17.3 Å². The molecule has 0 unspecified atom stereocenters. The molecule has 19 heavy (non-hydrogen) atoms. The maximum atomic E-state index is 13.7. The van der Waals surface area contributed by atoms with Gasteiger partial charge in [-0.1, -0.05) is 29.8 Å². The average Bonchev–Trinajstić information content (AvgIpc) is 2.37. The molecular weight excluding hydrogens is 263 g/mol. The summed E-state index contributed by atoms with van der Waals surface area (Å²) in [5, 5.41) is 0.462. The van der Waals surface area contributed by atoms with Crippen molar-refractivity contribution >= 4 is 17.3 Å². The van der Waals surface area contributed by atoms with Crippen LogP contribution in [0.4, 0.5) is 10.1 Å². The van der Waals surface area contributed by atoms with Crippen LogP contribution in [-0.4, -0.2) is 11.9 Å². The van der Waals surface area contributed by atoms with Crippen molar-refractivity contribution in [3.63, 3.8) is 0 Å². The zero-order chi connectivity index (χ0) is 13.8. The highest BCUT2D eigenvalue weighted by atomic mass is 35.5. The molecule has 0 aliphatic carbocycles. The van der Waals surface area contributed by atoms with Gasteiger partial charge in [-0.15, -0.1) is 0 Å². The Morgan fingerprint density at radius 2 is 1.79 bits per heavy atom. The lowest BCUT2D eigenvalue weighted by Crippen LogP contribution is -2.18. The third kappa shape index (κ3) is 3.69. The van der Waals surface area contributed by atoms with Crippen molar-refractivity contribution in [1.82, 2.24) is 4.90 Å². The summed E-state index contributed by atoms with van der Waals surface area (Å²) in [4.78, 5) is 2.01. The zero-order valence-electron chi connectivity index (χ0n) is 10.7.